The van der Waals surface area contributed by atoms with Crippen molar-refractivity contribution in [3.63, 3.8) is 0 Å². The van der Waals surface area contributed by atoms with E-state index >= 15 is 0 Å². The molecule has 0 saturated heterocycles. The maximum Gasteiger partial charge on any atom is 0.121 e. The highest BCUT2D eigenvalue weighted by atomic mass is 16.5. The van der Waals surface area contributed by atoms with Crippen LogP contribution < -0.4 is 9.64 Å². The number of ether oxygens (including phenoxy) is 1. The molecule has 0 unspecified atom stereocenters. The molecule has 1 heterocycles. The van der Waals surface area contributed by atoms with E-state index in [0.29, 0.717) is 6.04 Å². The van der Waals surface area contributed by atoms with Crippen LogP contribution in [0.5, 0.6) is 5.75 Å². The summed E-state index contributed by atoms with van der Waals surface area (Å²) in [5, 5.41) is 0. The molecule has 1 aromatic heterocycles. The molecule has 0 spiro atoms. The van der Waals surface area contributed by atoms with Crippen LogP contribution in [0.25, 0.3) is 0 Å². The van der Waals surface area contributed by atoms with E-state index in [1.807, 2.05) is 32.2 Å². The van der Waals surface area contributed by atoms with Gasteiger partial charge in [-0.1, -0.05) is 6.07 Å². The first kappa shape index (κ1) is 14.4. The number of rotatable bonds is 6. The summed E-state index contributed by atoms with van der Waals surface area (Å²) < 4.78 is 5.77. The molecule has 2 rings (SSSR count). The number of aromatic nitrogens is 2. The Morgan fingerprint density at radius 1 is 1.25 bits per heavy atom. The Labute approximate surface area is 120 Å². The van der Waals surface area contributed by atoms with Crippen LogP contribution in [0, 0.1) is 0 Å². The molecule has 0 saturated carbocycles. The maximum atomic E-state index is 5.77. The molecular weight excluding hydrogens is 250 g/mol. The highest BCUT2D eigenvalue weighted by molar-refractivity contribution is 5.51. The summed E-state index contributed by atoms with van der Waals surface area (Å²) in [6.45, 7) is 9.26. The highest BCUT2D eigenvalue weighted by Gasteiger charge is 2.13. The zero-order valence-corrected chi connectivity index (χ0v) is 12.6. The quantitative estimate of drug-likeness (QED) is 0.874. The van der Waals surface area contributed by atoms with Crippen molar-refractivity contribution in [2.45, 2.75) is 46.4 Å². The highest BCUT2D eigenvalue weighted by Crippen LogP contribution is 2.25. The molecule has 0 aliphatic heterocycles. The van der Waals surface area contributed by atoms with Gasteiger partial charge in [-0.2, -0.15) is 0 Å². The van der Waals surface area contributed by atoms with Gasteiger partial charge < -0.3 is 14.6 Å². The van der Waals surface area contributed by atoms with Crippen LogP contribution in [0.2, 0.25) is 0 Å². The van der Waals surface area contributed by atoms with Crippen LogP contribution in [-0.4, -0.2) is 22.1 Å². The normalized spacial score (nSPS) is 11.1. The maximum absolute atomic E-state index is 5.77. The molecule has 0 aliphatic rings. The number of hydrogen-bond donors (Lipinski definition) is 1. The number of nitrogens with one attached hydrogen (secondary N) is 1. The van der Waals surface area contributed by atoms with Crippen LogP contribution in [0.4, 0.5) is 5.69 Å². The van der Waals surface area contributed by atoms with E-state index in [2.05, 4.69) is 40.8 Å². The van der Waals surface area contributed by atoms with E-state index in [9.17, 15) is 0 Å². The number of H-pyrrole nitrogens is 1. The van der Waals surface area contributed by atoms with Gasteiger partial charge in [0, 0.05) is 24.0 Å². The molecule has 1 aromatic carbocycles. The summed E-state index contributed by atoms with van der Waals surface area (Å²) in [5.74, 6) is 0.910. The first-order valence-electron chi connectivity index (χ1n) is 7.07. The standard InChI is InChI=1S/C16H23N3O/c1-12(2)19(10-14-9-17-11-18-14)15-6-5-7-16(8-15)20-13(3)4/h5-9,11-13H,10H2,1-4H3,(H,17,18). The molecule has 0 radical (unpaired) electrons. The van der Waals surface area contributed by atoms with Crippen LogP contribution >= 0.6 is 0 Å². The number of benzene rings is 1. The molecule has 0 fully saturated rings. The number of anilines is 1. The van der Waals surface area contributed by atoms with Gasteiger partial charge in [-0.05, 0) is 39.8 Å². The lowest BCUT2D eigenvalue weighted by Gasteiger charge is -2.29. The topological polar surface area (TPSA) is 41.1 Å². The Morgan fingerprint density at radius 3 is 2.65 bits per heavy atom. The molecule has 1 N–H and O–H groups in total. The predicted octanol–water partition coefficient (Wildman–Crippen LogP) is 3.61. The van der Waals surface area contributed by atoms with Crippen LogP contribution in [-0.2, 0) is 6.54 Å². The van der Waals surface area contributed by atoms with Crippen molar-refractivity contribution in [1.29, 1.82) is 0 Å². The summed E-state index contributed by atoms with van der Waals surface area (Å²) in [6.07, 6.45) is 3.76. The minimum absolute atomic E-state index is 0.186. The van der Waals surface area contributed by atoms with Crippen LogP contribution in [0.1, 0.15) is 33.4 Å². The van der Waals surface area contributed by atoms with Gasteiger partial charge in [-0.3, -0.25) is 0 Å². The first-order valence-corrected chi connectivity index (χ1v) is 7.07. The number of aromatic amines is 1. The smallest absolute Gasteiger partial charge is 0.121 e. The van der Waals surface area contributed by atoms with Crippen molar-refractivity contribution in [3.05, 3.63) is 42.5 Å². The SMILES string of the molecule is CC(C)Oc1cccc(N(Cc2cnc[nH]2)C(C)C)c1. The lowest BCUT2D eigenvalue weighted by molar-refractivity contribution is 0.242. The second-order valence-corrected chi connectivity index (χ2v) is 5.46. The Morgan fingerprint density at radius 2 is 2.05 bits per heavy atom. The second-order valence-electron chi connectivity index (χ2n) is 5.46. The molecule has 4 heteroatoms. The molecule has 0 atom stereocenters. The molecule has 0 aliphatic carbocycles. The lowest BCUT2D eigenvalue weighted by atomic mass is 10.2. The molecule has 2 aromatic rings. The average molecular weight is 273 g/mol. The fourth-order valence-electron chi connectivity index (χ4n) is 2.13. The summed E-state index contributed by atoms with van der Waals surface area (Å²) in [6, 6.07) is 8.64. The third-order valence-electron chi connectivity index (χ3n) is 3.04. The van der Waals surface area contributed by atoms with Gasteiger partial charge in [0.2, 0.25) is 0 Å². The van der Waals surface area contributed by atoms with Crippen LogP contribution in [0.15, 0.2) is 36.8 Å². The second kappa shape index (κ2) is 6.46. The van der Waals surface area contributed by atoms with Gasteiger partial charge in [0.1, 0.15) is 5.75 Å². The zero-order valence-electron chi connectivity index (χ0n) is 12.6. The van der Waals surface area contributed by atoms with Gasteiger partial charge >= 0.3 is 0 Å². The summed E-state index contributed by atoms with van der Waals surface area (Å²) in [7, 11) is 0. The van der Waals surface area contributed by atoms with Crippen LogP contribution in [0.3, 0.4) is 0 Å². The van der Waals surface area contributed by atoms with E-state index in [0.717, 1.165) is 23.7 Å². The Kier molecular flexibility index (Phi) is 4.66. The van der Waals surface area contributed by atoms with Crippen molar-refractivity contribution < 1.29 is 4.74 Å². The Balaban J connectivity index is 2.20. The van der Waals surface area contributed by atoms with E-state index < -0.39 is 0 Å². The zero-order chi connectivity index (χ0) is 14.5. The van der Waals surface area contributed by atoms with Gasteiger partial charge in [-0.15, -0.1) is 0 Å². The van der Waals surface area contributed by atoms with E-state index in [1.165, 1.54) is 0 Å². The third-order valence-corrected chi connectivity index (χ3v) is 3.04. The van der Waals surface area contributed by atoms with Gasteiger partial charge in [0.05, 0.1) is 24.7 Å². The lowest BCUT2D eigenvalue weighted by Crippen LogP contribution is -2.30. The minimum Gasteiger partial charge on any atom is -0.491 e. The van der Waals surface area contributed by atoms with Gasteiger partial charge in [0.15, 0.2) is 0 Å². The van der Waals surface area contributed by atoms with Crippen molar-refractivity contribution in [2.75, 3.05) is 4.90 Å². The third kappa shape index (κ3) is 3.76. The number of imidazole rings is 1. The van der Waals surface area contributed by atoms with E-state index in [4.69, 9.17) is 4.74 Å². The Bertz CT molecular complexity index is 520. The Hall–Kier alpha value is -1.97. The molecule has 108 valence electrons. The minimum atomic E-state index is 0.186. The van der Waals surface area contributed by atoms with Gasteiger partial charge in [-0.25, -0.2) is 4.98 Å². The van der Waals surface area contributed by atoms with E-state index in [-0.39, 0.29) is 6.10 Å². The molecule has 0 bridgehead atoms. The van der Waals surface area contributed by atoms with Crippen molar-refractivity contribution in [3.8, 4) is 5.75 Å². The number of nitrogens with zero attached hydrogens (tertiary/aromatic N) is 2. The van der Waals surface area contributed by atoms with Gasteiger partial charge in [0.25, 0.3) is 0 Å². The van der Waals surface area contributed by atoms with Crippen molar-refractivity contribution in [2.24, 2.45) is 0 Å². The average Bonchev–Trinajstić information content (AvgIpc) is 2.88. The molecule has 0 amide bonds. The summed E-state index contributed by atoms with van der Waals surface area (Å²) >= 11 is 0. The fourth-order valence-corrected chi connectivity index (χ4v) is 2.13. The summed E-state index contributed by atoms with van der Waals surface area (Å²) in [4.78, 5) is 9.55. The first-order chi connectivity index (χ1) is 9.56. The monoisotopic (exact) mass is 273 g/mol. The number of hydrogen-bond acceptors (Lipinski definition) is 3. The molecule has 4 nitrogen and oxygen atoms in total. The molecular formula is C16H23N3O. The van der Waals surface area contributed by atoms with Crippen molar-refractivity contribution >= 4 is 5.69 Å². The predicted molar refractivity (Wildman–Crippen MR) is 82.1 cm³/mol. The van der Waals surface area contributed by atoms with E-state index in [1.54, 1.807) is 6.33 Å². The fraction of sp³-hybridized carbons (Fsp3) is 0.438. The molecule has 20 heavy (non-hydrogen) atoms. The largest absolute Gasteiger partial charge is 0.491 e. The van der Waals surface area contributed by atoms with Crippen molar-refractivity contribution in [1.82, 2.24) is 9.97 Å². The summed E-state index contributed by atoms with van der Waals surface area (Å²) in [5.41, 5.74) is 2.27.